The molecule has 2 atom stereocenters. The Labute approximate surface area is 116 Å². The van der Waals surface area contributed by atoms with Crippen molar-refractivity contribution >= 4 is 0 Å². The molecular formula is C16H26N2O. The van der Waals surface area contributed by atoms with Gasteiger partial charge in [-0.2, -0.15) is 0 Å². The van der Waals surface area contributed by atoms with Gasteiger partial charge in [-0.1, -0.05) is 12.1 Å². The molecule has 0 amide bonds. The number of nitrogens with zero attached hydrogens (tertiary/aromatic N) is 1. The molecule has 1 aliphatic heterocycles. The van der Waals surface area contributed by atoms with Gasteiger partial charge >= 0.3 is 0 Å². The first kappa shape index (κ1) is 14.4. The first-order valence-corrected chi connectivity index (χ1v) is 7.34. The first-order valence-electron chi connectivity index (χ1n) is 7.34. The highest BCUT2D eigenvalue weighted by Crippen LogP contribution is 2.25. The summed E-state index contributed by atoms with van der Waals surface area (Å²) in [6.45, 7) is 9.89. The summed E-state index contributed by atoms with van der Waals surface area (Å²) < 4.78 is 0. The van der Waals surface area contributed by atoms with Gasteiger partial charge in [0.1, 0.15) is 5.75 Å². The number of hydrogen-bond donors (Lipinski definition) is 2. The highest BCUT2D eigenvalue weighted by molar-refractivity contribution is 5.37. The van der Waals surface area contributed by atoms with Gasteiger partial charge in [0, 0.05) is 24.2 Å². The monoisotopic (exact) mass is 262 g/mol. The third-order valence-electron chi connectivity index (χ3n) is 3.92. The van der Waals surface area contributed by atoms with E-state index in [4.69, 9.17) is 0 Å². The van der Waals surface area contributed by atoms with Crippen molar-refractivity contribution in [2.24, 2.45) is 0 Å². The Balaban J connectivity index is 1.90. The molecule has 3 nitrogen and oxygen atoms in total. The predicted octanol–water partition coefficient (Wildman–Crippen LogP) is 2.84. The molecule has 0 spiro atoms. The van der Waals surface area contributed by atoms with Crippen LogP contribution in [0.3, 0.4) is 0 Å². The fourth-order valence-corrected chi connectivity index (χ4v) is 2.94. The van der Waals surface area contributed by atoms with E-state index < -0.39 is 0 Å². The van der Waals surface area contributed by atoms with Crippen LogP contribution >= 0.6 is 0 Å². The molecule has 2 rings (SSSR count). The van der Waals surface area contributed by atoms with Gasteiger partial charge in [-0.15, -0.1) is 0 Å². The van der Waals surface area contributed by atoms with Crippen LogP contribution in [0.1, 0.15) is 43.9 Å². The van der Waals surface area contributed by atoms with E-state index in [1.807, 2.05) is 19.1 Å². The van der Waals surface area contributed by atoms with E-state index in [0.29, 0.717) is 11.8 Å². The minimum atomic E-state index is 0.179. The Morgan fingerprint density at radius 1 is 1.26 bits per heavy atom. The largest absolute Gasteiger partial charge is 0.508 e. The smallest absolute Gasteiger partial charge is 0.120 e. The molecule has 3 heteroatoms. The molecule has 0 radical (unpaired) electrons. The number of benzene rings is 1. The van der Waals surface area contributed by atoms with Crippen molar-refractivity contribution in [1.82, 2.24) is 10.2 Å². The molecule has 1 aromatic carbocycles. The second-order valence-electron chi connectivity index (χ2n) is 5.86. The van der Waals surface area contributed by atoms with Gasteiger partial charge in [0.05, 0.1) is 0 Å². The zero-order valence-corrected chi connectivity index (χ0v) is 12.3. The Morgan fingerprint density at radius 2 is 1.95 bits per heavy atom. The molecule has 0 bridgehead atoms. The summed E-state index contributed by atoms with van der Waals surface area (Å²) >= 11 is 0. The predicted molar refractivity (Wildman–Crippen MR) is 79.5 cm³/mol. The molecule has 0 aliphatic carbocycles. The van der Waals surface area contributed by atoms with Crippen molar-refractivity contribution < 1.29 is 5.11 Å². The maximum atomic E-state index is 10.0. The lowest BCUT2D eigenvalue weighted by atomic mass is 10.0. The molecule has 106 valence electrons. The van der Waals surface area contributed by atoms with Crippen LogP contribution in [0, 0.1) is 6.92 Å². The molecule has 1 aromatic rings. The van der Waals surface area contributed by atoms with Crippen molar-refractivity contribution in [2.45, 2.75) is 45.7 Å². The molecule has 2 N–H and O–H groups in total. The van der Waals surface area contributed by atoms with E-state index >= 15 is 0 Å². The van der Waals surface area contributed by atoms with Crippen LogP contribution in [0.5, 0.6) is 5.75 Å². The molecule has 2 unspecified atom stereocenters. The fourth-order valence-electron chi connectivity index (χ4n) is 2.94. The SMILES string of the molecule is Cc1ccc(C(C)NC(C)CN2CCCC2)c(O)c1. The molecule has 1 saturated heterocycles. The quantitative estimate of drug-likeness (QED) is 0.856. The molecule has 0 aromatic heterocycles. The van der Waals surface area contributed by atoms with E-state index in [1.54, 1.807) is 0 Å². The third kappa shape index (κ3) is 3.95. The Hall–Kier alpha value is -1.06. The number of nitrogens with one attached hydrogen (secondary N) is 1. The second kappa shape index (κ2) is 6.40. The normalized spacial score (nSPS) is 19.5. The van der Waals surface area contributed by atoms with Crippen LogP contribution in [0.4, 0.5) is 0 Å². The van der Waals surface area contributed by atoms with Crippen LogP contribution in [0.15, 0.2) is 18.2 Å². The lowest BCUT2D eigenvalue weighted by Crippen LogP contribution is -2.39. The van der Waals surface area contributed by atoms with Crippen LogP contribution in [-0.2, 0) is 0 Å². The molecule has 1 fully saturated rings. The van der Waals surface area contributed by atoms with Crippen molar-refractivity contribution in [3.05, 3.63) is 29.3 Å². The summed E-state index contributed by atoms with van der Waals surface area (Å²) in [5, 5.41) is 13.6. The van der Waals surface area contributed by atoms with Crippen molar-refractivity contribution in [3.63, 3.8) is 0 Å². The molecule has 1 heterocycles. The van der Waals surface area contributed by atoms with Gasteiger partial charge in [0.25, 0.3) is 0 Å². The van der Waals surface area contributed by atoms with E-state index in [1.165, 1.54) is 25.9 Å². The van der Waals surface area contributed by atoms with Gasteiger partial charge < -0.3 is 15.3 Å². The summed E-state index contributed by atoms with van der Waals surface area (Å²) in [6, 6.07) is 6.52. The lowest BCUT2D eigenvalue weighted by Gasteiger charge is -2.25. The number of rotatable bonds is 5. The molecule has 1 aliphatic rings. The van der Waals surface area contributed by atoms with Gasteiger partial charge in [-0.05, 0) is 58.3 Å². The average Bonchev–Trinajstić information content (AvgIpc) is 2.81. The van der Waals surface area contributed by atoms with Gasteiger partial charge in [0.2, 0.25) is 0 Å². The summed E-state index contributed by atoms with van der Waals surface area (Å²) in [5.74, 6) is 0.397. The van der Waals surface area contributed by atoms with Crippen LogP contribution in [0.2, 0.25) is 0 Å². The number of aromatic hydroxyl groups is 1. The zero-order chi connectivity index (χ0) is 13.8. The van der Waals surface area contributed by atoms with E-state index in [0.717, 1.165) is 17.7 Å². The van der Waals surface area contributed by atoms with Gasteiger partial charge in [-0.3, -0.25) is 0 Å². The summed E-state index contributed by atoms with van der Waals surface area (Å²) in [5.41, 5.74) is 2.08. The van der Waals surface area contributed by atoms with Crippen molar-refractivity contribution in [3.8, 4) is 5.75 Å². The minimum absolute atomic E-state index is 0.179. The Morgan fingerprint density at radius 3 is 2.58 bits per heavy atom. The number of phenolic OH excluding ortho intramolecular Hbond substituents is 1. The molecule has 0 saturated carbocycles. The van der Waals surface area contributed by atoms with Crippen molar-refractivity contribution in [1.29, 1.82) is 0 Å². The standard InChI is InChI=1S/C16H26N2O/c1-12-6-7-15(16(19)10-12)14(3)17-13(2)11-18-8-4-5-9-18/h6-7,10,13-14,17,19H,4-5,8-9,11H2,1-3H3. The topological polar surface area (TPSA) is 35.5 Å². The maximum absolute atomic E-state index is 10.0. The number of hydrogen-bond acceptors (Lipinski definition) is 3. The second-order valence-corrected chi connectivity index (χ2v) is 5.86. The third-order valence-corrected chi connectivity index (χ3v) is 3.92. The number of aryl methyl sites for hydroxylation is 1. The van der Waals surface area contributed by atoms with Gasteiger partial charge in [0.15, 0.2) is 0 Å². The highest BCUT2D eigenvalue weighted by atomic mass is 16.3. The van der Waals surface area contributed by atoms with Crippen molar-refractivity contribution in [2.75, 3.05) is 19.6 Å². The average molecular weight is 262 g/mol. The zero-order valence-electron chi connectivity index (χ0n) is 12.3. The highest BCUT2D eigenvalue weighted by Gasteiger charge is 2.17. The molecule has 19 heavy (non-hydrogen) atoms. The Bertz CT molecular complexity index is 413. The van der Waals surface area contributed by atoms with Crippen LogP contribution in [-0.4, -0.2) is 35.7 Å². The summed E-state index contributed by atoms with van der Waals surface area (Å²) in [4.78, 5) is 2.51. The first-order chi connectivity index (χ1) is 9.06. The molecular weight excluding hydrogens is 236 g/mol. The maximum Gasteiger partial charge on any atom is 0.120 e. The van der Waals surface area contributed by atoms with Crippen LogP contribution in [0.25, 0.3) is 0 Å². The fraction of sp³-hybridized carbons (Fsp3) is 0.625. The Kier molecular flexibility index (Phi) is 4.83. The van der Waals surface area contributed by atoms with E-state index in [2.05, 4.69) is 30.1 Å². The summed E-state index contributed by atoms with van der Waals surface area (Å²) in [7, 11) is 0. The summed E-state index contributed by atoms with van der Waals surface area (Å²) in [6.07, 6.45) is 2.67. The van der Waals surface area contributed by atoms with Gasteiger partial charge in [-0.25, -0.2) is 0 Å². The van der Waals surface area contributed by atoms with E-state index in [9.17, 15) is 5.11 Å². The van der Waals surface area contributed by atoms with E-state index in [-0.39, 0.29) is 6.04 Å². The number of phenols is 1. The van der Waals surface area contributed by atoms with Crippen LogP contribution < -0.4 is 5.32 Å². The number of likely N-dealkylation sites (tertiary alicyclic amines) is 1. The minimum Gasteiger partial charge on any atom is -0.508 e. The lowest BCUT2D eigenvalue weighted by molar-refractivity contribution is 0.288.